The fraction of sp³-hybridized carbons (Fsp3) is 0.533. The topological polar surface area (TPSA) is 79.3 Å². The molecule has 2 N–H and O–H groups in total. The first kappa shape index (κ1) is 13.1. The smallest absolute Gasteiger partial charge is 0.307 e. The number of pyridine rings is 1. The van der Waals surface area contributed by atoms with E-state index in [1.165, 1.54) is 0 Å². The molecule has 2 fully saturated rings. The van der Waals surface area contributed by atoms with Gasteiger partial charge in [-0.3, -0.25) is 14.6 Å². The van der Waals surface area contributed by atoms with Crippen molar-refractivity contribution in [3.63, 3.8) is 0 Å². The van der Waals surface area contributed by atoms with Gasteiger partial charge in [-0.05, 0) is 43.2 Å². The predicted octanol–water partition coefficient (Wildman–Crippen LogP) is 1.44. The summed E-state index contributed by atoms with van der Waals surface area (Å²) < 4.78 is 0. The van der Waals surface area contributed by atoms with Crippen LogP contribution in [-0.2, 0) is 16.1 Å². The summed E-state index contributed by atoms with van der Waals surface area (Å²) in [6.45, 7) is 0.361. The van der Waals surface area contributed by atoms with Gasteiger partial charge in [0.25, 0.3) is 0 Å². The van der Waals surface area contributed by atoms with Gasteiger partial charge in [0.2, 0.25) is 5.91 Å². The summed E-state index contributed by atoms with van der Waals surface area (Å²) in [4.78, 5) is 27.9. The molecule has 20 heavy (non-hydrogen) atoms. The highest BCUT2D eigenvalue weighted by Gasteiger charge is 2.53. The second kappa shape index (κ2) is 5.23. The minimum atomic E-state index is -0.824. The van der Waals surface area contributed by atoms with Crippen LogP contribution < -0.4 is 5.32 Å². The highest BCUT2D eigenvalue weighted by atomic mass is 16.4. The van der Waals surface area contributed by atoms with Gasteiger partial charge in [0.1, 0.15) is 0 Å². The number of aromatic nitrogens is 1. The van der Waals surface area contributed by atoms with E-state index in [4.69, 9.17) is 0 Å². The van der Waals surface area contributed by atoms with Crippen molar-refractivity contribution in [2.24, 2.45) is 23.7 Å². The quantitative estimate of drug-likeness (QED) is 0.871. The zero-order valence-electron chi connectivity index (χ0n) is 11.2. The maximum Gasteiger partial charge on any atom is 0.307 e. The average molecular weight is 274 g/mol. The molecule has 0 aliphatic heterocycles. The molecule has 106 valence electrons. The zero-order chi connectivity index (χ0) is 14.1. The van der Waals surface area contributed by atoms with Crippen LogP contribution in [0.15, 0.2) is 24.4 Å². The third-order valence-electron chi connectivity index (χ3n) is 4.67. The number of nitrogens with zero attached hydrogens (tertiary/aromatic N) is 1. The molecule has 4 atom stereocenters. The fourth-order valence-electron chi connectivity index (χ4n) is 3.82. The predicted molar refractivity (Wildman–Crippen MR) is 71.5 cm³/mol. The van der Waals surface area contributed by atoms with E-state index >= 15 is 0 Å². The molecule has 1 aromatic rings. The second-order valence-electron chi connectivity index (χ2n) is 5.76. The number of carboxylic acid groups (broad SMARTS) is 1. The molecule has 0 radical (unpaired) electrons. The lowest BCUT2D eigenvalue weighted by Crippen LogP contribution is -2.41. The molecule has 0 unspecified atom stereocenters. The van der Waals surface area contributed by atoms with E-state index < -0.39 is 11.9 Å². The lowest BCUT2D eigenvalue weighted by molar-refractivity contribution is -0.149. The average Bonchev–Trinajstić information content (AvgIpc) is 3.06. The zero-order valence-corrected chi connectivity index (χ0v) is 11.2. The lowest BCUT2D eigenvalue weighted by Gasteiger charge is -2.26. The molecule has 0 aromatic carbocycles. The molecule has 2 aliphatic rings. The molecule has 5 nitrogen and oxygen atoms in total. The standard InChI is InChI=1S/C15H18N2O3/c18-14(17-8-11-3-1-2-6-16-11)12-9-4-5-10(7-9)13(12)15(19)20/h1-3,6,9-10,12-13H,4-5,7-8H2,(H,17,18)(H,19,20)/t9-,10-,12-,13-/m0/s1. The highest BCUT2D eigenvalue weighted by molar-refractivity contribution is 5.86. The summed E-state index contributed by atoms with van der Waals surface area (Å²) in [5, 5.41) is 12.2. The van der Waals surface area contributed by atoms with Crippen molar-refractivity contribution >= 4 is 11.9 Å². The minimum absolute atomic E-state index is 0.129. The van der Waals surface area contributed by atoms with Crippen molar-refractivity contribution in [3.05, 3.63) is 30.1 Å². The van der Waals surface area contributed by atoms with E-state index in [0.717, 1.165) is 25.0 Å². The molecule has 2 saturated carbocycles. The number of fused-ring (bicyclic) bond motifs is 2. The summed E-state index contributed by atoms with van der Waals surface area (Å²) >= 11 is 0. The van der Waals surface area contributed by atoms with Crippen LogP contribution in [0.2, 0.25) is 0 Å². The Bertz CT molecular complexity index is 517. The van der Waals surface area contributed by atoms with Crippen LogP contribution in [0.1, 0.15) is 25.0 Å². The Morgan fingerprint density at radius 2 is 2.00 bits per heavy atom. The van der Waals surface area contributed by atoms with Gasteiger partial charge in [-0.25, -0.2) is 0 Å². The van der Waals surface area contributed by atoms with Gasteiger partial charge in [-0.15, -0.1) is 0 Å². The van der Waals surface area contributed by atoms with E-state index in [9.17, 15) is 14.7 Å². The Kier molecular flexibility index (Phi) is 3.42. The van der Waals surface area contributed by atoms with Crippen LogP contribution in [0, 0.1) is 23.7 Å². The molecule has 1 amide bonds. The summed E-state index contributed by atoms with van der Waals surface area (Å²) in [6, 6.07) is 5.53. The number of carbonyl (C=O) groups excluding carboxylic acids is 1. The number of carboxylic acids is 1. The van der Waals surface area contributed by atoms with Crippen LogP contribution in [-0.4, -0.2) is 22.0 Å². The Hall–Kier alpha value is -1.91. The van der Waals surface area contributed by atoms with Crippen LogP contribution in [0.4, 0.5) is 0 Å². The lowest BCUT2D eigenvalue weighted by atomic mass is 9.78. The van der Waals surface area contributed by atoms with E-state index in [0.29, 0.717) is 6.54 Å². The number of hydrogen-bond acceptors (Lipinski definition) is 3. The van der Waals surface area contributed by atoms with Crippen molar-refractivity contribution < 1.29 is 14.7 Å². The number of rotatable bonds is 4. The molecular formula is C15H18N2O3. The number of carbonyl (C=O) groups is 2. The van der Waals surface area contributed by atoms with Crippen LogP contribution in [0.5, 0.6) is 0 Å². The maximum atomic E-state index is 12.3. The number of hydrogen-bond donors (Lipinski definition) is 2. The van der Waals surface area contributed by atoms with Crippen LogP contribution in [0.3, 0.4) is 0 Å². The van der Waals surface area contributed by atoms with Crippen molar-refractivity contribution in [1.82, 2.24) is 10.3 Å². The maximum absolute atomic E-state index is 12.3. The van der Waals surface area contributed by atoms with E-state index in [2.05, 4.69) is 10.3 Å². The van der Waals surface area contributed by atoms with Gasteiger partial charge in [0, 0.05) is 6.20 Å². The van der Waals surface area contributed by atoms with Gasteiger partial charge in [-0.2, -0.15) is 0 Å². The first-order chi connectivity index (χ1) is 9.66. The van der Waals surface area contributed by atoms with Crippen LogP contribution >= 0.6 is 0 Å². The van der Waals surface area contributed by atoms with Gasteiger partial charge < -0.3 is 10.4 Å². The van der Waals surface area contributed by atoms with Crippen molar-refractivity contribution in [2.75, 3.05) is 0 Å². The van der Waals surface area contributed by atoms with Crippen molar-refractivity contribution in [1.29, 1.82) is 0 Å². The van der Waals surface area contributed by atoms with Crippen LogP contribution in [0.25, 0.3) is 0 Å². The Morgan fingerprint density at radius 1 is 1.25 bits per heavy atom. The summed E-state index contributed by atoms with van der Waals surface area (Å²) in [5.74, 6) is -1.40. The fourth-order valence-corrected chi connectivity index (χ4v) is 3.82. The minimum Gasteiger partial charge on any atom is -0.481 e. The summed E-state index contributed by atoms with van der Waals surface area (Å²) in [6.07, 6.45) is 4.50. The van der Waals surface area contributed by atoms with Crippen molar-refractivity contribution in [2.45, 2.75) is 25.8 Å². The summed E-state index contributed by atoms with van der Waals surface area (Å²) in [7, 11) is 0. The van der Waals surface area contributed by atoms with E-state index in [1.807, 2.05) is 18.2 Å². The van der Waals surface area contributed by atoms with E-state index in [1.54, 1.807) is 6.20 Å². The molecule has 2 aliphatic carbocycles. The number of nitrogens with one attached hydrogen (secondary N) is 1. The SMILES string of the molecule is O=C(O)[C@H]1[C@H]2CC[C@@H](C2)[C@@H]1C(=O)NCc1ccccn1. The Morgan fingerprint density at radius 3 is 2.65 bits per heavy atom. The largest absolute Gasteiger partial charge is 0.481 e. The molecule has 1 aromatic heterocycles. The van der Waals surface area contributed by atoms with Gasteiger partial charge in [0.05, 0.1) is 24.1 Å². The molecule has 5 heteroatoms. The second-order valence-corrected chi connectivity index (χ2v) is 5.76. The molecule has 3 rings (SSSR count). The first-order valence-electron chi connectivity index (χ1n) is 7.07. The highest BCUT2D eigenvalue weighted by Crippen LogP contribution is 2.52. The van der Waals surface area contributed by atoms with Crippen molar-refractivity contribution in [3.8, 4) is 0 Å². The summed E-state index contributed by atoms with van der Waals surface area (Å²) in [5.41, 5.74) is 0.788. The Balaban J connectivity index is 1.66. The van der Waals surface area contributed by atoms with Gasteiger partial charge >= 0.3 is 5.97 Å². The molecule has 0 saturated heterocycles. The number of amides is 1. The third-order valence-corrected chi connectivity index (χ3v) is 4.67. The first-order valence-corrected chi connectivity index (χ1v) is 7.07. The van der Waals surface area contributed by atoms with Gasteiger partial charge in [-0.1, -0.05) is 6.07 Å². The Labute approximate surface area is 117 Å². The molecule has 1 heterocycles. The number of aliphatic carboxylic acids is 1. The van der Waals surface area contributed by atoms with Gasteiger partial charge in [0.15, 0.2) is 0 Å². The molecule has 2 bridgehead atoms. The third kappa shape index (κ3) is 2.28. The molecule has 0 spiro atoms. The molecular weight excluding hydrogens is 256 g/mol. The van der Waals surface area contributed by atoms with E-state index in [-0.39, 0.29) is 23.7 Å². The monoisotopic (exact) mass is 274 g/mol. The normalized spacial score (nSPS) is 31.2.